The highest BCUT2D eigenvalue weighted by Gasteiger charge is 2.25. The Morgan fingerprint density at radius 2 is 2.07 bits per heavy atom. The quantitative estimate of drug-likeness (QED) is 0.684. The molecule has 0 fully saturated rings. The predicted octanol–water partition coefficient (Wildman–Crippen LogP) is 4.57. The van der Waals surface area contributed by atoms with Crippen molar-refractivity contribution in [3.8, 4) is 5.69 Å². The van der Waals surface area contributed by atoms with Crippen LogP contribution in [0.5, 0.6) is 0 Å². The van der Waals surface area contributed by atoms with Crippen molar-refractivity contribution < 1.29 is 0 Å². The van der Waals surface area contributed by atoms with E-state index in [9.17, 15) is 0 Å². The zero-order chi connectivity index (χ0) is 19.7. The highest BCUT2D eigenvalue weighted by Crippen LogP contribution is 2.32. The second-order valence-corrected chi connectivity index (χ2v) is 8.01. The Morgan fingerprint density at radius 1 is 1.21 bits per heavy atom. The Balaban J connectivity index is 1.55. The number of aromatic nitrogens is 4. The summed E-state index contributed by atoms with van der Waals surface area (Å²) in [5, 5.41) is 13.2. The Labute approximate surface area is 167 Å². The minimum absolute atomic E-state index is 0.358. The number of hydrogen-bond donors (Lipinski definition) is 1. The molecule has 0 radical (unpaired) electrons. The Hall–Kier alpha value is -2.40. The molecule has 148 valence electrons. The molecule has 1 N–H and O–H groups in total. The molecule has 2 heterocycles. The lowest BCUT2D eigenvalue weighted by atomic mass is 9.92. The molecular formula is C23H31N5. The van der Waals surface area contributed by atoms with Gasteiger partial charge in [-0.3, -0.25) is 4.68 Å². The van der Waals surface area contributed by atoms with E-state index in [1.54, 1.807) is 0 Å². The molecule has 0 bridgehead atoms. The fourth-order valence-electron chi connectivity index (χ4n) is 4.25. The predicted molar refractivity (Wildman–Crippen MR) is 113 cm³/mol. The lowest BCUT2D eigenvalue weighted by Crippen LogP contribution is -2.25. The van der Waals surface area contributed by atoms with E-state index < -0.39 is 0 Å². The van der Waals surface area contributed by atoms with E-state index in [4.69, 9.17) is 5.10 Å². The van der Waals surface area contributed by atoms with Crippen LogP contribution in [0.4, 0.5) is 0 Å². The fraction of sp³-hybridized carbons (Fsp3) is 0.478. The van der Waals surface area contributed by atoms with E-state index in [0.717, 1.165) is 38.0 Å². The van der Waals surface area contributed by atoms with Crippen molar-refractivity contribution >= 4 is 0 Å². The molecule has 1 aliphatic carbocycles. The molecule has 0 amide bonds. The molecule has 1 atom stereocenters. The zero-order valence-electron chi connectivity index (χ0n) is 17.5. The van der Waals surface area contributed by atoms with Crippen molar-refractivity contribution in [3.63, 3.8) is 0 Å². The van der Waals surface area contributed by atoms with Gasteiger partial charge in [-0.1, -0.05) is 19.1 Å². The van der Waals surface area contributed by atoms with E-state index in [1.165, 1.54) is 40.1 Å². The van der Waals surface area contributed by atoms with Gasteiger partial charge < -0.3 is 5.32 Å². The minimum Gasteiger partial charge on any atom is -0.306 e. The van der Waals surface area contributed by atoms with Crippen LogP contribution in [0.3, 0.4) is 0 Å². The van der Waals surface area contributed by atoms with Crippen molar-refractivity contribution in [1.29, 1.82) is 0 Å². The van der Waals surface area contributed by atoms with Crippen molar-refractivity contribution in [2.75, 3.05) is 0 Å². The zero-order valence-corrected chi connectivity index (χ0v) is 17.5. The molecule has 3 aromatic rings. The first-order valence-electron chi connectivity index (χ1n) is 10.5. The summed E-state index contributed by atoms with van der Waals surface area (Å²) in [5.74, 6) is 0. The summed E-state index contributed by atoms with van der Waals surface area (Å²) in [7, 11) is 0. The molecule has 5 nitrogen and oxygen atoms in total. The molecule has 5 heteroatoms. The number of benzene rings is 1. The van der Waals surface area contributed by atoms with Gasteiger partial charge in [0.15, 0.2) is 0 Å². The van der Waals surface area contributed by atoms with Crippen LogP contribution in [0.15, 0.2) is 30.6 Å². The normalized spacial score (nSPS) is 16.4. The molecule has 0 saturated carbocycles. The molecule has 0 saturated heterocycles. The highest BCUT2D eigenvalue weighted by molar-refractivity contribution is 5.46. The minimum atomic E-state index is 0.358. The third kappa shape index (κ3) is 3.51. The van der Waals surface area contributed by atoms with Crippen LogP contribution >= 0.6 is 0 Å². The van der Waals surface area contributed by atoms with Gasteiger partial charge in [0.05, 0.1) is 17.6 Å². The summed E-state index contributed by atoms with van der Waals surface area (Å²) in [5.41, 5.74) is 8.96. The smallest absolute Gasteiger partial charge is 0.0680 e. The van der Waals surface area contributed by atoms with Crippen LogP contribution in [0.25, 0.3) is 5.69 Å². The maximum absolute atomic E-state index is 4.78. The van der Waals surface area contributed by atoms with Crippen LogP contribution in [0, 0.1) is 20.8 Å². The van der Waals surface area contributed by atoms with Gasteiger partial charge in [0.2, 0.25) is 0 Å². The van der Waals surface area contributed by atoms with Crippen LogP contribution < -0.4 is 5.32 Å². The highest BCUT2D eigenvalue weighted by atomic mass is 15.3. The number of aryl methyl sites for hydroxylation is 3. The second kappa shape index (κ2) is 7.92. The molecule has 1 unspecified atom stereocenters. The van der Waals surface area contributed by atoms with Gasteiger partial charge in [-0.2, -0.15) is 10.2 Å². The average molecular weight is 378 g/mol. The summed E-state index contributed by atoms with van der Waals surface area (Å²) in [6.07, 6.45) is 8.81. The number of fused-ring (bicyclic) bond motifs is 1. The van der Waals surface area contributed by atoms with Crippen LogP contribution in [0.1, 0.15) is 65.9 Å². The molecule has 4 rings (SSSR count). The van der Waals surface area contributed by atoms with E-state index in [1.807, 2.05) is 0 Å². The Morgan fingerprint density at radius 3 is 2.89 bits per heavy atom. The molecule has 0 aliphatic heterocycles. The van der Waals surface area contributed by atoms with E-state index in [0.29, 0.717) is 6.04 Å². The molecule has 28 heavy (non-hydrogen) atoms. The fourth-order valence-corrected chi connectivity index (χ4v) is 4.25. The van der Waals surface area contributed by atoms with Gasteiger partial charge >= 0.3 is 0 Å². The number of nitrogens with one attached hydrogen (secondary N) is 1. The largest absolute Gasteiger partial charge is 0.306 e. The Bertz CT molecular complexity index is 966. The van der Waals surface area contributed by atoms with Gasteiger partial charge in [-0.25, -0.2) is 4.68 Å². The average Bonchev–Trinajstić information content (AvgIpc) is 3.26. The number of hydrogen-bond acceptors (Lipinski definition) is 3. The summed E-state index contributed by atoms with van der Waals surface area (Å²) in [6, 6.07) is 6.83. The Kier molecular flexibility index (Phi) is 5.36. The summed E-state index contributed by atoms with van der Waals surface area (Å²) >= 11 is 0. The topological polar surface area (TPSA) is 47.7 Å². The summed E-state index contributed by atoms with van der Waals surface area (Å²) < 4.78 is 4.23. The third-order valence-electron chi connectivity index (χ3n) is 6.03. The standard InChI is InChI=1S/C23H31N5/c1-5-12-27-15-19(18(4)26-27)13-24-21-9-7-11-23-20(21)14-25-28(23)22-10-6-8-16(2)17(22)3/h6,8,10,14-15,21,24H,5,7,9,11-13H2,1-4H3. The molecular weight excluding hydrogens is 346 g/mol. The number of nitrogens with zero attached hydrogens (tertiary/aromatic N) is 4. The molecule has 1 aromatic carbocycles. The van der Waals surface area contributed by atoms with Gasteiger partial charge in [0.1, 0.15) is 0 Å². The first-order valence-corrected chi connectivity index (χ1v) is 10.5. The maximum Gasteiger partial charge on any atom is 0.0680 e. The van der Waals surface area contributed by atoms with E-state index in [-0.39, 0.29) is 0 Å². The van der Waals surface area contributed by atoms with Crippen LogP contribution in [0.2, 0.25) is 0 Å². The van der Waals surface area contributed by atoms with E-state index >= 15 is 0 Å². The van der Waals surface area contributed by atoms with Crippen molar-refractivity contribution in [2.24, 2.45) is 0 Å². The van der Waals surface area contributed by atoms with E-state index in [2.05, 4.69) is 78.1 Å². The van der Waals surface area contributed by atoms with Crippen LogP contribution in [-0.2, 0) is 19.5 Å². The van der Waals surface area contributed by atoms with Gasteiger partial charge in [-0.05, 0) is 63.6 Å². The third-order valence-corrected chi connectivity index (χ3v) is 6.03. The second-order valence-electron chi connectivity index (χ2n) is 8.01. The van der Waals surface area contributed by atoms with Crippen LogP contribution in [-0.4, -0.2) is 19.6 Å². The molecule has 1 aliphatic rings. The molecule has 2 aromatic heterocycles. The first-order chi connectivity index (χ1) is 13.6. The number of rotatable bonds is 6. The van der Waals surface area contributed by atoms with Crippen molar-refractivity contribution in [3.05, 3.63) is 64.2 Å². The first kappa shape index (κ1) is 18.9. The van der Waals surface area contributed by atoms with Crippen molar-refractivity contribution in [1.82, 2.24) is 24.9 Å². The summed E-state index contributed by atoms with van der Waals surface area (Å²) in [6.45, 7) is 10.5. The summed E-state index contributed by atoms with van der Waals surface area (Å²) in [4.78, 5) is 0. The van der Waals surface area contributed by atoms with Gasteiger partial charge in [0.25, 0.3) is 0 Å². The lowest BCUT2D eigenvalue weighted by Gasteiger charge is -2.24. The van der Waals surface area contributed by atoms with Crippen molar-refractivity contribution in [2.45, 2.75) is 72.5 Å². The maximum atomic E-state index is 4.78. The molecule has 0 spiro atoms. The monoisotopic (exact) mass is 377 g/mol. The lowest BCUT2D eigenvalue weighted by molar-refractivity contribution is 0.454. The van der Waals surface area contributed by atoms with Gasteiger partial charge in [0, 0.05) is 42.1 Å². The van der Waals surface area contributed by atoms with Gasteiger partial charge in [-0.15, -0.1) is 0 Å². The SMILES string of the molecule is CCCn1cc(CNC2CCCc3c2cnn3-c2cccc(C)c2C)c(C)n1.